The number of anilines is 1. The number of amides is 1. The van der Waals surface area contributed by atoms with Gasteiger partial charge in [0.2, 0.25) is 12.3 Å². The summed E-state index contributed by atoms with van der Waals surface area (Å²) in [5.41, 5.74) is 8.73. The molecule has 0 saturated carbocycles. The lowest BCUT2D eigenvalue weighted by Crippen LogP contribution is -3.00. The Morgan fingerprint density at radius 3 is 2.54 bits per heavy atom. The molecule has 136 valence electrons. The van der Waals surface area contributed by atoms with E-state index in [2.05, 4.69) is 30.9 Å². The molecule has 1 aliphatic rings. The Balaban J connectivity index is 0.00000243. The third-order valence-corrected chi connectivity index (χ3v) is 4.72. The molecule has 0 unspecified atom stereocenters. The van der Waals surface area contributed by atoms with Crippen LogP contribution in [0.4, 0.5) is 5.69 Å². The SMILES string of the molecule is CN1C(=CC(=O)C[n+]2cccc(C(N)=O)c2)C(C)(C)c2ccccc21.[Cl-]. The quantitative estimate of drug-likeness (QED) is 0.551. The lowest BCUT2D eigenvalue weighted by molar-refractivity contribution is -0.684. The maximum absolute atomic E-state index is 12.6. The van der Waals surface area contributed by atoms with Crippen molar-refractivity contribution in [2.45, 2.75) is 25.8 Å². The number of ketones is 1. The Morgan fingerprint density at radius 2 is 1.88 bits per heavy atom. The molecule has 2 heterocycles. The molecule has 0 fully saturated rings. The predicted octanol–water partition coefficient (Wildman–Crippen LogP) is -1.04. The van der Waals surface area contributed by atoms with E-state index in [9.17, 15) is 9.59 Å². The fourth-order valence-electron chi connectivity index (χ4n) is 3.40. The number of para-hydroxylation sites is 1. The van der Waals surface area contributed by atoms with Gasteiger partial charge >= 0.3 is 0 Å². The predicted molar refractivity (Wildman–Crippen MR) is 96.1 cm³/mol. The summed E-state index contributed by atoms with van der Waals surface area (Å²) < 4.78 is 1.68. The lowest BCUT2D eigenvalue weighted by Gasteiger charge is -2.23. The number of fused-ring (bicyclic) bond motifs is 1. The summed E-state index contributed by atoms with van der Waals surface area (Å²) in [4.78, 5) is 25.9. The van der Waals surface area contributed by atoms with Crippen molar-refractivity contribution in [3.05, 3.63) is 71.7 Å². The molecule has 6 heteroatoms. The van der Waals surface area contributed by atoms with Gasteiger partial charge in [0.05, 0.1) is 0 Å². The van der Waals surface area contributed by atoms with Crippen molar-refractivity contribution in [2.75, 3.05) is 11.9 Å². The average molecular weight is 372 g/mol. The standard InChI is InChI=1S/C20H21N3O2.ClH/c1-20(2)16-8-4-5-9-17(16)22(3)18(20)11-15(24)13-23-10-6-7-14(12-23)19(21)25;/h4-12H,13H2,1-3H3,(H-,21,25);1H. The normalized spacial score (nSPS) is 16.1. The zero-order valence-electron chi connectivity index (χ0n) is 15.1. The van der Waals surface area contributed by atoms with Crippen molar-refractivity contribution in [3.8, 4) is 0 Å². The van der Waals surface area contributed by atoms with Gasteiger partial charge in [0.1, 0.15) is 5.56 Å². The number of rotatable bonds is 4. The summed E-state index contributed by atoms with van der Waals surface area (Å²) in [6.07, 6.45) is 5.04. The number of carbonyl (C=O) groups excluding carboxylic acids is 2. The number of likely N-dealkylation sites (N-methyl/N-ethyl adjacent to an activating group) is 1. The topological polar surface area (TPSA) is 67.3 Å². The number of benzene rings is 1. The highest BCUT2D eigenvalue weighted by Crippen LogP contribution is 2.46. The molecular formula is C20H22ClN3O2. The van der Waals surface area contributed by atoms with Crippen LogP contribution in [0, 0.1) is 0 Å². The van der Waals surface area contributed by atoms with Crippen LogP contribution in [-0.2, 0) is 16.8 Å². The summed E-state index contributed by atoms with van der Waals surface area (Å²) in [5.74, 6) is -0.540. The van der Waals surface area contributed by atoms with E-state index in [0.717, 1.165) is 11.4 Å². The fourth-order valence-corrected chi connectivity index (χ4v) is 3.40. The Bertz CT molecular complexity index is 890. The first-order chi connectivity index (χ1) is 11.8. The number of pyridine rings is 1. The molecule has 26 heavy (non-hydrogen) atoms. The van der Waals surface area contributed by atoms with Crippen LogP contribution in [0.25, 0.3) is 0 Å². The second-order valence-electron chi connectivity index (χ2n) is 6.83. The van der Waals surface area contributed by atoms with Gasteiger partial charge < -0.3 is 23.0 Å². The molecule has 1 aromatic heterocycles. The maximum atomic E-state index is 12.6. The summed E-state index contributed by atoms with van der Waals surface area (Å²) in [6, 6.07) is 11.5. The average Bonchev–Trinajstić information content (AvgIpc) is 2.76. The number of nitrogens with two attached hydrogens (primary N) is 1. The summed E-state index contributed by atoms with van der Waals surface area (Å²) >= 11 is 0. The molecule has 0 atom stereocenters. The van der Waals surface area contributed by atoms with Gasteiger partial charge in [-0.3, -0.25) is 9.59 Å². The number of aromatic nitrogens is 1. The van der Waals surface area contributed by atoms with Gasteiger partial charge in [-0.25, -0.2) is 0 Å². The van der Waals surface area contributed by atoms with Crippen LogP contribution in [-0.4, -0.2) is 18.7 Å². The number of nitrogens with zero attached hydrogens (tertiary/aromatic N) is 2. The molecule has 0 radical (unpaired) electrons. The summed E-state index contributed by atoms with van der Waals surface area (Å²) in [5, 5.41) is 0. The van der Waals surface area contributed by atoms with E-state index in [1.165, 1.54) is 5.56 Å². The van der Waals surface area contributed by atoms with E-state index >= 15 is 0 Å². The summed E-state index contributed by atoms with van der Waals surface area (Å²) in [6.45, 7) is 4.40. The minimum Gasteiger partial charge on any atom is -1.00 e. The minimum absolute atomic E-state index is 0. The van der Waals surface area contributed by atoms with Crippen molar-refractivity contribution in [1.82, 2.24) is 0 Å². The third-order valence-electron chi connectivity index (χ3n) is 4.72. The van der Waals surface area contributed by atoms with E-state index in [0.29, 0.717) is 5.56 Å². The van der Waals surface area contributed by atoms with Crippen molar-refractivity contribution in [1.29, 1.82) is 0 Å². The lowest BCUT2D eigenvalue weighted by atomic mass is 9.83. The zero-order chi connectivity index (χ0) is 18.2. The largest absolute Gasteiger partial charge is 1.00 e. The zero-order valence-corrected chi connectivity index (χ0v) is 15.8. The van der Waals surface area contributed by atoms with Crippen LogP contribution in [0.1, 0.15) is 29.8 Å². The van der Waals surface area contributed by atoms with Crippen LogP contribution in [0.15, 0.2) is 60.6 Å². The first kappa shape index (κ1) is 19.7. The van der Waals surface area contributed by atoms with E-state index in [4.69, 9.17) is 5.73 Å². The highest BCUT2D eigenvalue weighted by molar-refractivity contribution is 5.92. The van der Waals surface area contributed by atoms with Gasteiger partial charge in [-0.1, -0.05) is 32.0 Å². The second kappa shape index (κ2) is 7.30. The highest BCUT2D eigenvalue weighted by atomic mass is 35.5. The molecule has 1 aliphatic heterocycles. The molecule has 2 aromatic rings. The van der Waals surface area contributed by atoms with E-state index < -0.39 is 5.91 Å². The molecule has 0 aliphatic carbocycles. The van der Waals surface area contributed by atoms with Crippen LogP contribution < -0.4 is 27.6 Å². The molecule has 2 N–H and O–H groups in total. The van der Waals surface area contributed by atoms with Gasteiger partial charge in [-0.15, -0.1) is 0 Å². The molecule has 0 bridgehead atoms. The van der Waals surface area contributed by atoms with Crippen molar-refractivity contribution in [3.63, 3.8) is 0 Å². The Kier molecular flexibility index (Phi) is 5.52. The fraction of sp³-hybridized carbons (Fsp3) is 0.250. The highest BCUT2D eigenvalue weighted by Gasteiger charge is 2.38. The van der Waals surface area contributed by atoms with Crippen molar-refractivity contribution in [2.24, 2.45) is 5.73 Å². The number of hydrogen-bond donors (Lipinski definition) is 1. The van der Waals surface area contributed by atoms with Gasteiger partial charge in [-0.2, -0.15) is 4.57 Å². The minimum atomic E-state index is -0.507. The van der Waals surface area contributed by atoms with Gasteiger partial charge in [-0.05, 0) is 17.7 Å². The van der Waals surface area contributed by atoms with Gasteiger partial charge in [0.25, 0.3) is 5.91 Å². The Labute approximate surface area is 159 Å². The number of halogens is 1. The van der Waals surface area contributed by atoms with Crippen molar-refractivity contribution < 1.29 is 26.6 Å². The third kappa shape index (κ3) is 3.48. The molecular weight excluding hydrogens is 350 g/mol. The monoisotopic (exact) mass is 371 g/mol. The van der Waals surface area contributed by atoms with Crippen LogP contribution in [0.2, 0.25) is 0 Å². The number of hydrogen-bond acceptors (Lipinski definition) is 3. The second-order valence-corrected chi connectivity index (χ2v) is 6.83. The van der Waals surface area contributed by atoms with Gasteiger partial charge in [0, 0.05) is 36.0 Å². The molecule has 0 saturated heterocycles. The smallest absolute Gasteiger partial charge is 0.254 e. The van der Waals surface area contributed by atoms with Crippen LogP contribution in [0.5, 0.6) is 0 Å². The van der Waals surface area contributed by atoms with E-state index in [-0.39, 0.29) is 30.2 Å². The number of allylic oxidation sites excluding steroid dienone is 2. The van der Waals surface area contributed by atoms with E-state index in [1.54, 1.807) is 35.2 Å². The number of carbonyl (C=O) groups is 2. The van der Waals surface area contributed by atoms with E-state index in [1.807, 2.05) is 19.2 Å². The Morgan fingerprint density at radius 1 is 1.19 bits per heavy atom. The first-order valence-electron chi connectivity index (χ1n) is 8.18. The van der Waals surface area contributed by atoms with Crippen molar-refractivity contribution >= 4 is 17.4 Å². The molecule has 1 aromatic carbocycles. The molecule has 3 rings (SSSR count). The molecule has 1 amide bonds. The number of primary amides is 1. The maximum Gasteiger partial charge on any atom is 0.254 e. The van der Waals surface area contributed by atoms with Crippen LogP contribution >= 0.6 is 0 Å². The molecule has 0 spiro atoms. The van der Waals surface area contributed by atoms with Gasteiger partial charge in [0.15, 0.2) is 12.4 Å². The Hall–Kier alpha value is -2.66. The molecule has 5 nitrogen and oxygen atoms in total. The summed E-state index contributed by atoms with van der Waals surface area (Å²) in [7, 11) is 1.98. The van der Waals surface area contributed by atoms with Crippen LogP contribution in [0.3, 0.4) is 0 Å². The first-order valence-corrected chi connectivity index (χ1v) is 8.18.